The van der Waals surface area contributed by atoms with Crippen molar-refractivity contribution in [1.29, 1.82) is 0 Å². The molecule has 1 heterocycles. The molecule has 0 aliphatic carbocycles. The molecule has 0 fully saturated rings. The molecule has 0 unspecified atom stereocenters. The lowest BCUT2D eigenvalue weighted by molar-refractivity contribution is 0.301. The summed E-state index contributed by atoms with van der Waals surface area (Å²) in [5, 5.41) is 11.6. The van der Waals surface area contributed by atoms with Gasteiger partial charge < -0.3 is 9.94 Å². The Hall–Kier alpha value is -2.07. The minimum atomic E-state index is 0.141. The van der Waals surface area contributed by atoms with E-state index in [2.05, 4.69) is 10.1 Å². The molecule has 0 aliphatic heterocycles. The summed E-state index contributed by atoms with van der Waals surface area (Å²) < 4.78 is 5.64. The lowest BCUT2D eigenvalue weighted by atomic mass is 10.1. The molecular formula is C14H13ClN2O2. The van der Waals surface area contributed by atoms with Crippen LogP contribution in [0.25, 0.3) is 0 Å². The van der Waals surface area contributed by atoms with Gasteiger partial charge in [-0.3, -0.25) is 4.98 Å². The number of halogens is 1. The Morgan fingerprint density at radius 1 is 1.26 bits per heavy atom. The maximum Gasteiger partial charge on any atom is 0.149 e. The van der Waals surface area contributed by atoms with Crippen LogP contribution in [-0.4, -0.2) is 15.4 Å². The number of hydrogen-bond acceptors (Lipinski definition) is 4. The summed E-state index contributed by atoms with van der Waals surface area (Å²) in [4.78, 5) is 4.18. The van der Waals surface area contributed by atoms with Crippen LogP contribution in [0.2, 0.25) is 0 Å². The minimum absolute atomic E-state index is 0.141. The lowest BCUT2D eigenvalue weighted by Gasteiger charge is -2.07. The van der Waals surface area contributed by atoms with Gasteiger partial charge in [0.05, 0.1) is 5.69 Å². The van der Waals surface area contributed by atoms with E-state index in [4.69, 9.17) is 21.5 Å². The van der Waals surface area contributed by atoms with Crippen LogP contribution in [0.3, 0.4) is 0 Å². The number of aromatic nitrogens is 1. The number of nitrogens with zero attached hydrogens (tertiary/aromatic N) is 2. The predicted molar refractivity (Wildman–Crippen MR) is 73.8 cm³/mol. The smallest absolute Gasteiger partial charge is 0.149 e. The first-order valence-corrected chi connectivity index (χ1v) is 6.14. The quantitative estimate of drug-likeness (QED) is 0.518. The van der Waals surface area contributed by atoms with E-state index in [1.54, 1.807) is 6.20 Å². The average molecular weight is 277 g/mol. The highest BCUT2D eigenvalue weighted by molar-refractivity contribution is 6.65. The van der Waals surface area contributed by atoms with E-state index in [0.717, 1.165) is 17.0 Å². The van der Waals surface area contributed by atoms with E-state index in [0.29, 0.717) is 13.0 Å². The third-order valence-corrected chi connectivity index (χ3v) is 2.68. The van der Waals surface area contributed by atoms with Crippen molar-refractivity contribution in [3.05, 3.63) is 59.9 Å². The Morgan fingerprint density at radius 2 is 2.16 bits per heavy atom. The second kappa shape index (κ2) is 6.75. The van der Waals surface area contributed by atoms with Crippen molar-refractivity contribution in [2.45, 2.75) is 13.0 Å². The highest BCUT2D eigenvalue weighted by atomic mass is 35.5. The zero-order chi connectivity index (χ0) is 13.5. The summed E-state index contributed by atoms with van der Waals surface area (Å²) in [7, 11) is 0. The third-order valence-electron chi connectivity index (χ3n) is 2.47. The molecule has 1 aromatic heterocycles. The molecule has 1 aromatic carbocycles. The Bertz CT molecular complexity index is 558. The topological polar surface area (TPSA) is 54.7 Å². The first kappa shape index (κ1) is 13.4. The summed E-state index contributed by atoms with van der Waals surface area (Å²) in [5.41, 5.74) is 1.78. The summed E-state index contributed by atoms with van der Waals surface area (Å²) in [6.07, 6.45) is 2.10. The van der Waals surface area contributed by atoms with Gasteiger partial charge in [-0.1, -0.05) is 35.0 Å². The van der Waals surface area contributed by atoms with Crippen LogP contribution in [0.1, 0.15) is 11.3 Å². The summed E-state index contributed by atoms with van der Waals surface area (Å²) >= 11 is 5.67. The molecule has 0 aliphatic rings. The highest BCUT2D eigenvalue weighted by Crippen LogP contribution is 2.16. The molecule has 5 heteroatoms. The van der Waals surface area contributed by atoms with E-state index >= 15 is 0 Å². The van der Waals surface area contributed by atoms with E-state index in [9.17, 15) is 0 Å². The number of hydrogen-bond donors (Lipinski definition) is 1. The summed E-state index contributed by atoms with van der Waals surface area (Å²) in [5.74, 6) is 0.727. The second-order valence-corrected chi connectivity index (χ2v) is 4.35. The number of ether oxygens (including phenoxy) is 1. The first-order valence-electron chi connectivity index (χ1n) is 5.76. The fourth-order valence-electron chi connectivity index (χ4n) is 1.59. The van der Waals surface area contributed by atoms with Gasteiger partial charge in [-0.15, -0.1) is 0 Å². The van der Waals surface area contributed by atoms with E-state index in [-0.39, 0.29) is 5.17 Å². The van der Waals surface area contributed by atoms with E-state index < -0.39 is 0 Å². The van der Waals surface area contributed by atoms with Crippen LogP contribution in [0.4, 0.5) is 0 Å². The maximum atomic E-state index is 8.53. The van der Waals surface area contributed by atoms with Crippen molar-refractivity contribution in [3.63, 3.8) is 0 Å². The Morgan fingerprint density at radius 3 is 2.89 bits per heavy atom. The van der Waals surface area contributed by atoms with Crippen molar-refractivity contribution < 1.29 is 9.94 Å². The molecule has 19 heavy (non-hydrogen) atoms. The van der Waals surface area contributed by atoms with Gasteiger partial charge in [0.1, 0.15) is 17.5 Å². The number of oxime groups is 1. The largest absolute Gasteiger partial charge is 0.487 e. The lowest BCUT2D eigenvalue weighted by Crippen LogP contribution is -1.99. The number of pyridine rings is 1. The van der Waals surface area contributed by atoms with Crippen molar-refractivity contribution in [2.24, 2.45) is 5.16 Å². The zero-order valence-electron chi connectivity index (χ0n) is 10.2. The van der Waals surface area contributed by atoms with Gasteiger partial charge >= 0.3 is 0 Å². The molecule has 98 valence electrons. The van der Waals surface area contributed by atoms with Crippen LogP contribution in [-0.2, 0) is 13.0 Å². The van der Waals surface area contributed by atoms with Crippen LogP contribution in [0, 0.1) is 0 Å². The molecule has 0 saturated heterocycles. The van der Waals surface area contributed by atoms with Crippen LogP contribution < -0.4 is 4.74 Å². The molecule has 0 saturated carbocycles. The SMILES string of the molecule is ON=C(Cl)Cc1cccc(OCc2ccccn2)c1. The van der Waals surface area contributed by atoms with Crippen LogP contribution >= 0.6 is 11.6 Å². The van der Waals surface area contributed by atoms with Gasteiger partial charge in [-0.05, 0) is 29.8 Å². The highest BCUT2D eigenvalue weighted by Gasteiger charge is 2.02. The molecule has 1 N–H and O–H groups in total. The Kier molecular flexibility index (Phi) is 4.75. The fraction of sp³-hybridized carbons (Fsp3) is 0.143. The van der Waals surface area contributed by atoms with Gasteiger partial charge in [-0.25, -0.2) is 0 Å². The van der Waals surface area contributed by atoms with Gasteiger partial charge in [-0.2, -0.15) is 0 Å². The predicted octanol–water partition coefficient (Wildman–Crippen LogP) is 3.23. The Labute approximate surface area is 116 Å². The molecule has 4 nitrogen and oxygen atoms in total. The van der Waals surface area contributed by atoms with Gasteiger partial charge in [0.25, 0.3) is 0 Å². The minimum Gasteiger partial charge on any atom is -0.487 e. The second-order valence-electron chi connectivity index (χ2n) is 3.91. The van der Waals surface area contributed by atoms with Crippen LogP contribution in [0.5, 0.6) is 5.75 Å². The average Bonchev–Trinajstić information content (AvgIpc) is 2.46. The molecule has 0 radical (unpaired) electrons. The number of benzene rings is 1. The van der Waals surface area contributed by atoms with E-state index in [1.165, 1.54) is 0 Å². The van der Waals surface area contributed by atoms with Crippen molar-refractivity contribution in [1.82, 2.24) is 4.98 Å². The standard InChI is InChI=1S/C14H13ClN2O2/c15-14(17-18)9-11-4-3-6-13(8-11)19-10-12-5-1-2-7-16-12/h1-8,18H,9-10H2. The molecule has 0 atom stereocenters. The normalized spacial score (nSPS) is 11.3. The zero-order valence-corrected chi connectivity index (χ0v) is 10.9. The third kappa shape index (κ3) is 4.26. The monoisotopic (exact) mass is 276 g/mol. The Balaban J connectivity index is 1.99. The molecule has 0 bridgehead atoms. The van der Waals surface area contributed by atoms with Crippen molar-refractivity contribution in [3.8, 4) is 5.75 Å². The van der Waals surface area contributed by atoms with Gasteiger partial charge in [0, 0.05) is 12.6 Å². The fourth-order valence-corrected chi connectivity index (χ4v) is 1.74. The molecule has 0 spiro atoms. The van der Waals surface area contributed by atoms with Gasteiger partial charge in [0.2, 0.25) is 0 Å². The summed E-state index contributed by atoms with van der Waals surface area (Å²) in [6, 6.07) is 13.2. The van der Waals surface area contributed by atoms with Crippen molar-refractivity contribution >= 4 is 16.8 Å². The molecular weight excluding hydrogens is 264 g/mol. The van der Waals surface area contributed by atoms with E-state index in [1.807, 2.05) is 42.5 Å². The maximum absolute atomic E-state index is 8.53. The first-order chi connectivity index (χ1) is 9.28. The van der Waals surface area contributed by atoms with Gasteiger partial charge in [0.15, 0.2) is 0 Å². The van der Waals surface area contributed by atoms with Crippen molar-refractivity contribution in [2.75, 3.05) is 0 Å². The summed E-state index contributed by atoms with van der Waals surface area (Å²) in [6.45, 7) is 0.409. The molecule has 0 amide bonds. The van der Waals surface area contributed by atoms with Crippen LogP contribution in [0.15, 0.2) is 53.8 Å². The molecule has 2 rings (SSSR count). The number of rotatable bonds is 5. The molecule has 2 aromatic rings.